The van der Waals surface area contributed by atoms with Crippen molar-refractivity contribution in [1.82, 2.24) is 9.78 Å². The van der Waals surface area contributed by atoms with Crippen molar-refractivity contribution < 1.29 is 14.3 Å². The van der Waals surface area contributed by atoms with Gasteiger partial charge >= 0.3 is 5.97 Å². The Bertz CT molecular complexity index is 296. The van der Waals surface area contributed by atoms with Crippen LogP contribution in [0.2, 0.25) is 0 Å². The predicted molar refractivity (Wildman–Crippen MR) is 39.4 cm³/mol. The fraction of sp³-hybridized carbons (Fsp3) is 0.429. The summed E-state index contributed by atoms with van der Waals surface area (Å²) >= 11 is 0. The maximum atomic E-state index is 13.0. The van der Waals surface area contributed by atoms with Gasteiger partial charge in [0.2, 0.25) is 5.95 Å². The summed E-state index contributed by atoms with van der Waals surface area (Å²) in [6, 6.07) is 0. The highest BCUT2D eigenvalue weighted by atomic mass is 19.1. The quantitative estimate of drug-likeness (QED) is 0.743. The monoisotopic (exact) mass is 172 g/mol. The Hall–Kier alpha value is -1.39. The number of rotatable bonds is 3. The summed E-state index contributed by atoms with van der Waals surface area (Å²) in [6.45, 7) is 2.26. The van der Waals surface area contributed by atoms with E-state index in [9.17, 15) is 9.18 Å². The van der Waals surface area contributed by atoms with Gasteiger partial charge in [-0.1, -0.05) is 6.92 Å². The summed E-state index contributed by atoms with van der Waals surface area (Å²) in [5.41, 5.74) is -0.372. The van der Waals surface area contributed by atoms with E-state index < -0.39 is 11.9 Å². The molecule has 1 N–H and O–H groups in total. The van der Waals surface area contributed by atoms with Gasteiger partial charge in [0.1, 0.15) is 5.56 Å². The molecule has 0 spiro atoms. The molecule has 0 aromatic carbocycles. The van der Waals surface area contributed by atoms with Crippen LogP contribution in [0.1, 0.15) is 23.7 Å². The average molecular weight is 172 g/mol. The highest BCUT2D eigenvalue weighted by molar-refractivity contribution is 5.87. The summed E-state index contributed by atoms with van der Waals surface area (Å²) in [7, 11) is 0. The molecule has 66 valence electrons. The van der Waals surface area contributed by atoms with Crippen LogP contribution in [-0.2, 0) is 6.54 Å². The van der Waals surface area contributed by atoms with Gasteiger partial charge in [-0.25, -0.2) is 9.48 Å². The first-order valence-corrected chi connectivity index (χ1v) is 3.61. The van der Waals surface area contributed by atoms with E-state index in [1.165, 1.54) is 0 Å². The third-order valence-corrected chi connectivity index (χ3v) is 1.44. The lowest BCUT2D eigenvalue weighted by molar-refractivity contribution is 0.0691. The number of hydrogen-bond acceptors (Lipinski definition) is 2. The van der Waals surface area contributed by atoms with Crippen molar-refractivity contribution in [2.45, 2.75) is 19.9 Å². The van der Waals surface area contributed by atoms with Crippen molar-refractivity contribution in [3.63, 3.8) is 0 Å². The maximum Gasteiger partial charge on any atom is 0.342 e. The van der Waals surface area contributed by atoms with E-state index in [0.717, 1.165) is 17.3 Å². The van der Waals surface area contributed by atoms with Crippen LogP contribution in [0, 0.1) is 5.95 Å². The molecule has 0 aliphatic rings. The molecule has 0 amide bonds. The lowest BCUT2D eigenvalue weighted by Crippen LogP contribution is -2.05. The summed E-state index contributed by atoms with van der Waals surface area (Å²) in [4.78, 5) is 10.3. The van der Waals surface area contributed by atoms with E-state index in [1.54, 1.807) is 0 Å². The number of aromatic nitrogens is 2. The van der Waals surface area contributed by atoms with E-state index in [4.69, 9.17) is 5.11 Å². The van der Waals surface area contributed by atoms with Crippen LogP contribution in [0.5, 0.6) is 0 Å². The molecule has 1 rings (SSSR count). The molecular formula is C7H9FN2O2. The minimum absolute atomic E-state index is 0.372. The summed E-state index contributed by atoms with van der Waals surface area (Å²) in [6.07, 6.45) is 1.74. The molecule has 0 unspecified atom stereocenters. The zero-order chi connectivity index (χ0) is 9.14. The molecule has 1 aromatic heterocycles. The molecule has 0 saturated carbocycles. The minimum Gasteiger partial charge on any atom is -0.477 e. The second-order valence-corrected chi connectivity index (χ2v) is 2.38. The third kappa shape index (κ3) is 1.44. The molecule has 0 aliphatic heterocycles. The lowest BCUT2D eigenvalue weighted by Gasteiger charge is -1.97. The van der Waals surface area contributed by atoms with Gasteiger partial charge in [-0.3, -0.25) is 0 Å². The first-order valence-electron chi connectivity index (χ1n) is 3.61. The Morgan fingerprint density at radius 1 is 1.83 bits per heavy atom. The largest absolute Gasteiger partial charge is 0.477 e. The number of carbonyl (C=O) groups is 1. The van der Waals surface area contributed by atoms with E-state index in [-0.39, 0.29) is 5.56 Å². The molecule has 1 aromatic rings. The molecule has 5 heteroatoms. The second kappa shape index (κ2) is 3.34. The van der Waals surface area contributed by atoms with Crippen LogP contribution in [0.25, 0.3) is 0 Å². The second-order valence-electron chi connectivity index (χ2n) is 2.38. The smallest absolute Gasteiger partial charge is 0.342 e. The van der Waals surface area contributed by atoms with Gasteiger partial charge < -0.3 is 5.11 Å². The number of aryl methyl sites for hydroxylation is 1. The Labute approximate surface area is 68.6 Å². The fourth-order valence-electron chi connectivity index (χ4n) is 0.882. The van der Waals surface area contributed by atoms with E-state index in [0.29, 0.717) is 6.54 Å². The minimum atomic E-state index is -1.28. The van der Waals surface area contributed by atoms with Crippen LogP contribution >= 0.6 is 0 Å². The Kier molecular flexibility index (Phi) is 2.42. The molecule has 4 nitrogen and oxygen atoms in total. The Morgan fingerprint density at radius 3 is 2.92 bits per heavy atom. The standard InChI is InChI=1S/C7H9FN2O2/c1-2-3-10-6(8)5(4-9-10)7(11)12/h4H,2-3H2,1H3,(H,11,12). The summed E-state index contributed by atoms with van der Waals surface area (Å²) < 4.78 is 14.0. The number of aromatic carboxylic acids is 1. The lowest BCUT2D eigenvalue weighted by atomic mass is 10.3. The zero-order valence-electron chi connectivity index (χ0n) is 6.62. The van der Waals surface area contributed by atoms with Crippen LogP contribution in [0.3, 0.4) is 0 Å². The molecule has 12 heavy (non-hydrogen) atoms. The predicted octanol–water partition coefficient (Wildman–Crippen LogP) is 1.13. The summed E-state index contributed by atoms with van der Waals surface area (Å²) in [5.74, 6) is -2.06. The van der Waals surface area contributed by atoms with Crippen molar-refractivity contribution in [3.8, 4) is 0 Å². The zero-order valence-corrected chi connectivity index (χ0v) is 6.62. The first kappa shape index (κ1) is 8.70. The van der Waals surface area contributed by atoms with E-state index >= 15 is 0 Å². The van der Waals surface area contributed by atoms with Gasteiger partial charge in [-0.2, -0.15) is 9.49 Å². The Morgan fingerprint density at radius 2 is 2.50 bits per heavy atom. The number of nitrogens with zero attached hydrogens (tertiary/aromatic N) is 2. The fourth-order valence-corrected chi connectivity index (χ4v) is 0.882. The highest BCUT2D eigenvalue weighted by Crippen LogP contribution is 2.06. The molecule has 1 heterocycles. The van der Waals surface area contributed by atoms with Crippen LogP contribution in [0.4, 0.5) is 4.39 Å². The van der Waals surface area contributed by atoms with E-state index in [1.807, 2.05) is 6.92 Å². The number of halogens is 1. The van der Waals surface area contributed by atoms with Crippen LogP contribution in [0.15, 0.2) is 6.20 Å². The number of carboxylic acid groups (broad SMARTS) is 1. The summed E-state index contributed by atoms with van der Waals surface area (Å²) in [5, 5.41) is 12.0. The number of carboxylic acids is 1. The topological polar surface area (TPSA) is 55.1 Å². The van der Waals surface area contributed by atoms with Gasteiger partial charge in [-0.15, -0.1) is 0 Å². The van der Waals surface area contributed by atoms with Crippen molar-refractivity contribution in [2.75, 3.05) is 0 Å². The van der Waals surface area contributed by atoms with Gasteiger partial charge in [0, 0.05) is 6.54 Å². The van der Waals surface area contributed by atoms with Crippen LogP contribution < -0.4 is 0 Å². The van der Waals surface area contributed by atoms with Gasteiger partial charge in [0.05, 0.1) is 6.20 Å². The van der Waals surface area contributed by atoms with Crippen LogP contribution in [-0.4, -0.2) is 20.9 Å². The first-order chi connectivity index (χ1) is 5.66. The molecule has 0 aliphatic carbocycles. The molecule has 0 atom stereocenters. The Balaban J connectivity index is 2.96. The molecule has 0 bridgehead atoms. The number of hydrogen-bond donors (Lipinski definition) is 1. The molecule has 0 saturated heterocycles. The average Bonchev–Trinajstić information content (AvgIpc) is 2.34. The molecular weight excluding hydrogens is 163 g/mol. The third-order valence-electron chi connectivity index (χ3n) is 1.44. The maximum absolute atomic E-state index is 13.0. The van der Waals surface area contributed by atoms with Crippen molar-refractivity contribution in [3.05, 3.63) is 17.7 Å². The molecule has 0 radical (unpaired) electrons. The van der Waals surface area contributed by atoms with Gasteiger partial charge in [0.15, 0.2) is 0 Å². The van der Waals surface area contributed by atoms with E-state index in [2.05, 4.69) is 5.10 Å². The van der Waals surface area contributed by atoms with Crippen molar-refractivity contribution >= 4 is 5.97 Å². The SMILES string of the molecule is CCCn1ncc(C(=O)O)c1F. The highest BCUT2D eigenvalue weighted by Gasteiger charge is 2.15. The molecule has 0 fully saturated rings. The van der Waals surface area contributed by atoms with Crippen molar-refractivity contribution in [1.29, 1.82) is 0 Å². The van der Waals surface area contributed by atoms with Gasteiger partial charge in [-0.05, 0) is 6.42 Å². The normalized spacial score (nSPS) is 10.2. The van der Waals surface area contributed by atoms with Crippen molar-refractivity contribution in [2.24, 2.45) is 0 Å². The van der Waals surface area contributed by atoms with Gasteiger partial charge in [0.25, 0.3) is 0 Å².